The molecule has 4 nitrogen and oxygen atoms in total. The maximum atomic E-state index is 14.7. The molecule has 0 saturated carbocycles. The zero-order chi connectivity index (χ0) is 30.8. The molecule has 1 aliphatic rings. The number of hydrazone groups is 1. The number of amides is 1. The molecule has 3 aromatic carbocycles. The minimum atomic E-state index is -5.73. The minimum Gasteiger partial charge on any atom is -0.340 e. The second kappa shape index (κ2) is 10.5. The first-order valence-corrected chi connectivity index (χ1v) is 13.0. The van der Waals surface area contributed by atoms with E-state index in [9.17, 15) is 35.5 Å². The van der Waals surface area contributed by atoms with Crippen molar-refractivity contribution in [2.24, 2.45) is 5.10 Å². The highest BCUT2D eigenvalue weighted by molar-refractivity contribution is 6.35. The molecule has 0 N–H and O–H groups in total. The van der Waals surface area contributed by atoms with Gasteiger partial charge >= 0.3 is 6.18 Å². The number of para-hydroxylation sites is 1. The smallest absolute Gasteiger partial charge is 0.340 e. The van der Waals surface area contributed by atoms with Gasteiger partial charge in [-0.05, 0) is 50.1 Å². The van der Waals surface area contributed by atoms with E-state index < -0.39 is 46.6 Å². The number of alkyl halides is 3. The Labute approximate surface area is 244 Å². The molecule has 5 rings (SSSR count). The van der Waals surface area contributed by atoms with Crippen LogP contribution < -0.4 is 5.01 Å². The summed E-state index contributed by atoms with van der Waals surface area (Å²) in [5.74, 6) is -11.4. The molecular weight excluding hydrogens is 610 g/mol. The van der Waals surface area contributed by atoms with Crippen LogP contribution >= 0.6 is 23.2 Å². The number of hydrogen-bond acceptors (Lipinski definition) is 2. The number of fused-ring (bicyclic) bond motifs is 1. The van der Waals surface area contributed by atoms with E-state index >= 15 is 0 Å². The summed E-state index contributed by atoms with van der Waals surface area (Å²) in [4.78, 5) is 13.3. The molecule has 0 spiro atoms. The standard InChI is InChI=1S/C29H18Cl2F7N3O/c1-12-5-4-6-17-19(14(3)40(26(12)17)11-15-7-8-16(30)9-20(15)31)10-18-13(2)39-41(28(18)42)27-24(34)22(32)21(29(36,37)38)23(33)25(27)35/h4-10H,11H2,1-3H3/b18-10+. The first-order chi connectivity index (χ1) is 19.6. The lowest BCUT2D eigenvalue weighted by Crippen LogP contribution is -2.26. The van der Waals surface area contributed by atoms with E-state index in [1.54, 1.807) is 37.3 Å². The van der Waals surface area contributed by atoms with Crippen LogP contribution in [0.1, 0.15) is 34.9 Å². The monoisotopic (exact) mass is 627 g/mol. The SMILES string of the molecule is CC1=NN(c2c(F)c(F)c(C(F)(F)F)c(F)c2F)C(=O)/C1=C/c1c(C)n(Cc2ccc(Cl)cc2Cl)c2c(C)cccc12. The van der Waals surface area contributed by atoms with Crippen LogP contribution in [0.4, 0.5) is 36.4 Å². The van der Waals surface area contributed by atoms with Crippen LogP contribution in [0.5, 0.6) is 0 Å². The number of halogens is 9. The van der Waals surface area contributed by atoms with Crippen molar-refractivity contribution in [2.45, 2.75) is 33.5 Å². The average Bonchev–Trinajstić information content (AvgIpc) is 3.32. The van der Waals surface area contributed by atoms with Gasteiger partial charge < -0.3 is 4.57 Å². The van der Waals surface area contributed by atoms with Crippen molar-refractivity contribution >= 4 is 57.5 Å². The summed E-state index contributed by atoms with van der Waals surface area (Å²) in [5, 5.41) is 5.35. The van der Waals surface area contributed by atoms with E-state index in [1.807, 2.05) is 17.6 Å². The molecule has 1 aliphatic heterocycles. The lowest BCUT2D eigenvalue weighted by atomic mass is 10.0. The zero-order valence-corrected chi connectivity index (χ0v) is 23.4. The number of aryl methyl sites for hydroxylation is 1. The molecule has 0 fully saturated rings. The highest BCUT2D eigenvalue weighted by Crippen LogP contribution is 2.41. The predicted octanol–water partition coefficient (Wildman–Crippen LogP) is 8.99. The summed E-state index contributed by atoms with van der Waals surface area (Å²) in [6.45, 7) is 5.29. The summed E-state index contributed by atoms with van der Waals surface area (Å²) in [6.07, 6.45) is -4.32. The van der Waals surface area contributed by atoms with Crippen molar-refractivity contribution in [3.8, 4) is 0 Å². The third kappa shape index (κ3) is 4.74. The predicted molar refractivity (Wildman–Crippen MR) is 147 cm³/mol. The summed E-state index contributed by atoms with van der Waals surface area (Å²) in [7, 11) is 0. The van der Waals surface area contributed by atoms with Gasteiger partial charge in [0.15, 0.2) is 23.3 Å². The second-order valence-corrected chi connectivity index (χ2v) is 10.5. The first-order valence-electron chi connectivity index (χ1n) is 12.2. The van der Waals surface area contributed by atoms with Gasteiger partial charge in [-0.1, -0.05) is 47.5 Å². The fourth-order valence-electron chi connectivity index (χ4n) is 4.98. The van der Waals surface area contributed by atoms with Gasteiger partial charge in [-0.3, -0.25) is 4.79 Å². The van der Waals surface area contributed by atoms with Crippen molar-refractivity contribution in [1.82, 2.24) is 4.57 Å². The highest BCUT2D eigenvalue weighted by Gasteiger charge is 2.45. The van der Waals surface area contributed by atoms with Gasteiger partial charge in [0.1, 0.15) is 11.3 Å². The molecule has 1 amide bonds. The number of nitrogens with zero attached hydrogens (tertiary/aromatic N) is 3. The molecule has 2 heterocycles. The van der Waals surface area contributed by atoms with Gasteiger partial charge in [0.25, 0.3) is 5.91 Å². The van der Waals surface area contributed by atoms with Crippen molar-refractivity contribution in [2.75, 3.05) is 5.01 Å². The Kier molecular flexibility index (Phi) is 7.39. The minimum absolute atomic E-state index is 0.0192. The fourth-order valence-corrected chi connectivity index (χ4v) is 5.45. The number of benzene rings is 3. The van der Waals surface area contributed by atoms with Crippen LogP contribution in [0.2, 0.25) is 10.0 Å². The maximum Gasteiger partial charge on any atom is 0.422 e. The largest absolute Gasteiger partial charge is 0.422 e. The lowest BCUT2D eigenvalue weighted by molar-refractivity contribution is -0.143. The molecule has 218 valence electrons. The Balaban J connectivity index is 1.64. The van der Waals surface area contributed by atoms with Crippen LogP contribution in [-0.4, -0.2) is 16.2 Å². The Morgan fingerprint density at radius 3 is 2.17 bits per heavy atom. The van der Waals surface area contributed by atoms with Crippen LogP contribution in [0, 0.1) is 37.1 Å². The third-order valence-corrected chi connectivity index (χ3v) is 7.61. The lowest BCUT2D eigenvalue weighted by Gasteiger charge is -2.18. The van der Waals surface area contributed by atoms with Gasteiger partial charge in [-0.15, -0.1) is 0 Å². The van der Waals surface area contributed by atoms with E-state index in [4.69, 9.17) is 23.2 Å². The number of anilines is 1. The van der Waals surface area contributed by atoms with E-state index in [0.717, 1.165) is 16.6 Å². The van der Waals surface area contributed by atoms with Crippen molar-refractivity contribution < 1.29 is 35.5 Å². The van der Waals surface area contributed by atoms with E-state index in [0.29, 0.717) is 33.2 Å². The molecule has 4 aromatic rings. The third-order valence-electron chi connectivity index (χ3n) is 7.02. The quantitative estimate of drug-likeness (QED) is 0.126. The molecule has 0 saturated heterocycles. The number of carbonyl (C=O) groups is 1. The van der Waals surface area contributed by atoms with Gasteiger partial charge in [-0.25, -0.2) is 17.6 Å². The summed E-state index contributed by atoms with van der Waals surface area (Å²) in [5.41, 5.74) is -1.09. The molecule has 0 atom stereocenters. The number of rotatable bonds is 4. The first kappa shape index (κ1) is 29.7. The van der Waals surface area contributed by atoms with Crippen LogP contribution in [0.25, 0.3) is 17.0 Å². The molecule has 0 radical (unpaired) electrons. The van der Waals surface area contributed by atoms with Gasteiger partial charge in [-0.2, -0.15) is 23.3 Å². The normalized spacial score (nSPS) is 15.0. The maximum absolute atomic E-state index is 14.7. The Hall–Kier alpha value is -3.83. The van der Waals surface area contributed by atoms with Gasteiger partial charge in [0.2, 0.25) is 0 Å². The molecule has 0 bridgehead atoms. The molecule has 1 aromatic heterocycles. The van der Waals surface area contributed by atoms with Gasteiger partial charge in [0.05, 0.1) is 16.8 Å². The van der Waals surface area contributed by atoms with Crippen LogP contribution in [-0.2, 0) is 17.5 Å². The highest BCUT2D eigenvalue weighted by atomic mass is 35.5. The Morgan fingerprint density at radius 1 is 0.929 bits per heavy atom. The second-order valence-electron chi connectivity index (χ2n) is 9.63. The number of aromatic nitrogens is 1. The Bertz CT molecular complexity index is 1850. The topological polar surface area (TPSA) is 37.6 Å². The summed E-state index contributed by atoms with van der Waals surface area (Å²) < 4.78 is 99.2. The zero-order valence-electron chi connectivity index (χ0n) is 21.9. The number of hydrogen-bond donors (Lipinski definition) is 0. The van der Waals surface area contributed by atoms with E-state index in [-0.39, 0.29) is 16.3 Å². The van der Waals surface area contributed by atoms with Crippen molar-refractivity contribution in [3.05, 3.63) is 103 Å². The summed E-state index contributed by atoms with van der Waals surface area (Å²) >= 11 is 12.4. The fraction of sp³-hybridized carbons (Fsp3) is 0.172. The molecular formula is C29H18Cl2F7N3O. The van der Waals surface area contributed by atoms with E-state index in [1.165, 1.54) is 13.0 Å². The van der Waals surface area contributed by atoms with Crippen LogP contribution in [0.3, 0.4) is 0 Å². The van der Waals surface area contributed by atoms with Crippen LogP contribution in [0.15, 0.2) is 47.1 Å². The molecule has 0 unspecified atom stereocenters. The average molecular weight is 628 g/mol. The molecule has 13 heteroatoms. The van der Waals surface area contributed by atoms with Gasteiger partial charge in [0, 0.05) is 33.2 Å². The molecule has 0 aliphatic carbocycles. The van der Waals surface area contributed by atoms with Crippen molar-refractivity contribution in [1.29, 1.82) is 0 Å². The number of carbonyl (C=O) groups excluding carboxylic acids is 1. The van der Waals surface area contributed by atoms with Crippen molar-refractivity contribution in [3.63, 3.8) is 0 Å². The summed E-state index contributed by atoms with van der Waals surface area (Å²) in [6, 6.07) is 10.5. The molecule has 42 heavy (non-hydrogen) atoms. The Morgan fingerprint density at radius 2 is 1.57 bits per heavy atom. The van der Waals surface area contributed by atoms with E-state index in [2.05, 4.69) is 5.10 Å².